The fourth-order valence-corrected chi connectivity index (χ4v) is 2.30. The Labute approximate surface area is 77.5 Å². The second-order valence-corrected chi connectivity index (χ2v) is 4.15. The minimum Gasteiger partial charge on any atom is -0.392 e. The summed E-state index contributed by atoms with van der Waals surface area (Å²) in [6.07, 6.45) is 1.93. The lowest BCUT2D eigenvalue weighted by atomic mass is 9.91. The van der Waals surface area contributed by atoms with E-state index in [0.717, 1.165) is 12.8 Å². The zero-order valence-electron chi connectivity index (χ0n) is 6.90. The summed E-state index contributed by atoms with van der Waals surface area (Å²) in [5.41, 5.74) is 0. The van der Waals surface area contributed by atoms with E-state index < -0.39 is 5.79 Å². The smallest absolute Gasteiger partial charge is 0.169 e. The van der Waals surface area contributed by atoms with Crippen LogP contribution in [0, 0.1) is 0 Å². The van der Waals surface area contributed by atoms with Gasteiger partial charge in [0, 0.05) is 18.1 Å². The summed E-state index contributed by atoms with van der Waals surface area (Å²) >= 11 is 4.30. The van der Waals surface area contributed by atoms with Crippen LogP contribution in [-0.2, 0) is 9.47 Å². The fraction of sp³-hybridized carbons (Fsp3) is 1.00. The van der Waals surface area contributed by atoms with Crippen LogP contribution in [0.15, 0.2) is 0 Å². The van der Waals surface area contributed by atoms with Gasteiger partial charge in [-0.15, -0.1) is 0 Å². The highest BCUT2D eigenvalue weighted by atomic mass is 32.1. The number of hydrogen-bond acceptors (Lipinski definition) is 4. The number of thiol groups is 1. The Bertz CT molecular complexity index is 168. The highest BCUT2D eigenvalue weighted by Gasteiger charge is 2.43. The van der Waals surface area contributed by atoms with Gasteiger partial charge in [0.05, 0.1) is 19.3 Å². The molecule has 1 saturated carbocycles. The summed E-state index contributed by atoms with van der Waals surface area (Å²) in [4.78, 5) is 0. The van der Waals surface area contributed by atoms with Crippen molar-refractivity contribution in [2.24, 2.45) is 0 Å². The number of rotatable bonds is 0. The zero-order valence-corrected chi connectivity index (χ0v) is 7.80. The summed E-state index contributed by atoms with van der Waals surface area (Å²) in [5.74, 6) is -0.411. The van der Waals surface area contributed by atoms with Crippen LogP contribution in [0.4, 0.5) is 0 Å². The molecule has 1 aliphatic heterocycles. The first-order chi connectivity index (χ1) is 5.72. The van der Waals surface area contributed by atoms with Crippen molar-refractivity contribution in [2.45, 2.75) is 36.4 Å². The molecule has 1 saturated heterocycles. The average molecular weight is 190 g/mol. The second kappa shape index (κ2) is 3.18. The van der Waals surface area contributed by atoms with Crippen LogP contribution in [0.5, 0.6) is 0 Å². The molecule has 0 aromatic carbocycles. The average Bonchev–Trinajstić information content (AvgIpc) is 2.47. The molecule has 0 bridgehead atoms. The molecule has 70 valence electrons. The lowest BCUT2D eigenvalue weighted by molar-refractivity contribution is -0.185. The van der Waals surface area contributed by atoms with Crippen molar-refractivity contribution >= 4 is 12.6 Å². The third-order valence-corrected chi connectivity index (χ3v) is 3.13. The van der Waals surface area contributed by atoms with E-state index in [2.05, 4.69) is 12.6 Å². The molecule has 0 unspecified atom stereocenters. The minimum atomic E-state index is -0.411. The Hall–Kier alpha value is 0.230. The molecule has 0 radical (unpaired) electrons. The Kier molecular flexibility index (Phi) is 2.33. The molecule has 0 amide bonds. The monoisotopic (exact) mass is 190 g/mol. The van der Waals surface area contributed by atoms with Gasteiger partial charge in [0.2, 0.25) is 0 Å². The van der Waals surface area contributed by atoms with Crippen molar-refractivity contribution < 1.29 is 14.6 Å². The van der Waals surface area contributed by atoms with E-state index in [0.29, 0.717) is 19.6 Å². The van der Waals surface area contributed by atoms with Crippen LogP contribution in [0.1, 0.15) is 19.3 Å². The SMILES string of the molecule is O[C@@H]1CCC2(C[C@H]1S)OCCO2. The standard InChI is InChI=1S/C8H14O3S/c9-6-1-2-8(5-7(6)12)10-3-4-11-8/h6-7,9,12H,1-5H2/t6-,7-/m1/s1. The van der Waals surface area contributed by atoms with Crippen LogP contribution >= 0.6 is 12.6 Å². The third kappa shape index (κ3) is 1.48. The first-order valence-electron chi connectivity index (χ1n) is 4.36. The van der Waals surface area contributed by atoms with Crippen LogP contribution in [0.2, 0.25) is 0 Å². The Morgan fingerprint density at radius 1 is 1.33 bits per heavy atom. The largest absolute Gasteiger partial charge is 0.392 e. The maximum absolute atomic E-state index is 9.43. The van der Waals surface area contributed by atoms with Gasteiger partial charge in [-0.1, -0.05) is 0 Å². The summed E-state index contributed by atoms with van der Waals surface area (Å²) in [6.45, 7) is 1.35. The van der Waals surface area contributed by atoms with Gasteiger partial charge in [-0.2, -0.15) is 12.6 Å². The summed E-state index contributed by atoms with van der Waals surface area (Å²) in [6, 6.07) is 0. The van der Waals surface area contributed by atoms with Gasteiger partial charge in [-0.25, -0.2) is 0 Å². The van der Waals surface area contributed by atoms with Crippen molar-refractivity contribution in [1.82, 2.24) is 0 Å². The summed E-state index contributed by atoms with van der Waals surface area (Å²) < 4.78 is 11.0. The van der Waals surface area contributed by atoms with Gasteiger partial charge in [0.1, 0.15) is 0 Å². The first kappa shape index (κ1) is 8.81. The molecule has 1 heterocycles. The molecule has 0 aromatic rings. The van der Waals surface area contributed by atoms with E-state index in [4.69, 9.17) is 9.47 Å². The molecule has 1 N–H and O–H groups in total. The van der Waals surface area contributed by atoms with Gasteiger partial charge < -0.3 is 14.6 Å². The van der Waals surface area contributed by atoms with Crippen molar-refractivity contribution in [3.05, 3.63) is 0 Å². The van der Waals surface area contributed by atoms with Crippen molar-refractivity contribution in [3.63, 3.8) is 0 Å². The lowest BCUT2D eigenvalue weighted by Crippen LogP contribution is -2.43. The van der Waals surface area contributed by atoms with Crippen LogP contribution in [0.3, 0.4) is 0 Å². The fourth-order valence-electron chi connectivity index (χ4n) is 1.88. The molecule has 1 aliphatic carbocycles. The molecule has 12 heavy (non-hydrogen) atoms. The Balaban J connectivity index is 2.01. The topological polar surface area (TPSA) is 38.7 Å². The lowest BCUT2D eigenvalue weighted by Gasteiger charge is -2.36. The number of aliphatic hydroxyl groups excluding tert-OH is 1. The van der Waals surface area contributed by atoms with E-state index in [1.54, 1.807) is 0 Å². The molecule has 0 aromatic heterocycles. The van der Waals surface area contributed by atoms with Crippen molar-refractivity contribution in [2.75, 3.05) is 13.2 Å². The Morgan fingerprint density at radius 2 is 2.00 bits per heavy atom. The van der Waals surface area contributed by atoms with Gasteiger partial charge in [-0.05, 0) is 6.42 Å². The predicted octanol–water partition coefficient (Wildman–Crippen LogP) is 0.573. The molecule has 1 spiro atoms. The molecule has 2 fully saturated rings. The zero-order chi connectivity index (χ0) is 8.60. The maximum Gasteiger partial charge on any atom is 0.169 e. The maximum atomic E-state index is 9.43. The molecule has 4 heteroatoms. The number of aliphatic hydroxyl groups is 1. The predicted molar refractivity (Wildman–Crippen MR) is 47.3 cm³/mol. The molecule has 2 aliphatic rings. The summed E-state index contributed by atoms with van der Waals surface area (Å²) in [5, 5.41) is 9.43. The third-order valence-electron chi connectivity index (χ3n) is 2.60. The number of hydrogen-bond donors (Lipinski definition) is 2. The second-order valence-electron chi connectivity index (χ2n) is 3.49. The van der Waals surface area contributed by atoms with E-state index in [1.165, 1.54) is 0 Å². The van der Waals surface area contributed by atoms with Gasteiger partial charge in [0.15, 0.2) is 5.79 Å². The molecule has 3 nitrogen and oxygen atoms in total. The Morgan fingerprint density at radius 3 is 2.58 bits per heavy atom. The molecular weight excluding hydrogens is 176 g/mol. The van der Waals surface area contributed by atoms with E-state index in [-0.39, 0.29) is 11.4 Å². The first-order valence-corrected chi connectivity index (χ1v) is 4.88. The van der Waals surface area contributed by atoms with E-state index in [1.807, 2.05) is 0 Å². The van der Waals surface area contributed by atoms with Gasteiger partial charge in [0.25, 0.3) is 0 Å². The van der Waals surface area contributed by atoms with Gasteiger partial charge in [-0.3, -0.25) is 0 Å². The van der Waals surface area contributed by atoms with E-state index in [9.17, 15) is 5.11 Å². The molecule has 2 atom stereocenters. The van der Waals surface area contributed by atoms with E-state index >= 15 is 0 Å². The number of ether oxygens (including phenoxy) is 2. The van der Waals surface area contributed by atoms with Crippen LogP contribution < -0.4 is 0 Å². The van der Waals surface area contributed by atoms with Crippen molar-refractivity contribution in [1.29, 1.82) is 0 Å². The van der Waals surface area contributed by atoms with Crippen LogP contribution in [-0.4, -0.2) is 35.5 Å². The highest BCUT2D eigenvalue weighted by Crippen LogP contribution is 2.37. The molecular formula is C8H14O3S. The summed E-state index contributed by atoms with van der Waals surface area (Å²) in [7, 11) is 0. The van der Waals surface area contributed by atoms with Crippen molar-refractivity contribution in [3.8, 4) is 0 Å². The van der Waals surface area contributed by atoms with Crippen LogP contribution in [0.25, 0.3) is 0 Å². The molecule has 2 rings (SSSR count). The van der Waals surface area contributed by atoms with Gasteiger partial charge >= 0.3 is 0 Å². The highest BCUT2D eigenvalue weighted by molar-refractivity contribution is 7.81. The quantitative estimate of drug-likeness (QED) is 0.549. The normalized spacial score (nSPS) is 40.5. The minimum absolute atomic E-state index is 0.00292.